The van der Waals surface area contributed by atoms with Crippen LogP contribution in [-0.2, 0) is 12.7 Å². The van der Waals surface area contributed by atoms with E-state index < -0.39 is 17.6 Å². The fraction of sp³-hybridized carbons (Fsp3) is 0.267. The van der Waals surface area contributed by atoms with Gasteiger partial charge >= 0.3 is 6.18 Å². The van der Waals surface area contributed by atoms with Crippen LogP contribution in [0, 0.1) is 0 Å². The third-order valence-electron chi connectivity index (χ3n) is 3.06. The predicted octanol–water partition coefficient (Wildman–Crippen LogP) is 4.43. The van der Waals surface area contributed by atoms with E-state index in [9.17, 15) is 18.0 Å². The van der Waals surface area contributed by atoms with E-state index in [1.54, 1.807) is 6.92 Å². The van der Waals surface area contributed by atoms with Crippen LogP contribution in [0.3, 0.4) is 0 Å². The standard InChI is InChI=1S/C15H14F3NOS/c1-2-19(10-11-6-5-9-21-11)14(20)12-7-3-4-8-13(12)15(16,17)18/h3-9H,2,10H2,1H3. The van der Waals surface area contributed by atoms with Crippen molar-refractivity contribution in [3.05, 3.63) is 57.8 Å². The Balaban J connectivity index is 2.30. The zero-order chi connectivity index (χ0) is 15.5. The minimum absolute atomic E-state index is 0.302. The number of halogens is 3. The molecule has 0 aliphatic heterocycles. The molecule has 0 spiro atoms. The molecule has 0 saturated carbocycles. The number of thiophene rings is 1. The van der Waals surface area contributed by atoms with Gasteiger partial charge in [0, 0.05) is 11.4 Å². The summed E-state index contributed by atoms with van der Waals surface area (Å²) in [6.07, 6.45) is -4.53. The summed E-state index contributed by atoms with van der Waals surface area (Å²) < 4.78 is 39.0. The minimum Gasteiger partial charge on any atom is -0.334 e. The van der Waals surface area contributed by atoms with Gasteiger partial charge in [-0.25, -0.2) is 0 Å². The number of alkyl halides is 3. The number of carbonyl (C=O) groups excluding carboxylic acids is 1. The van der Waals surface area contributed by atoms with Crippen LogP contribution in [0.15, 0.2) is 41.8 Å². The van der Waals surface area contributed by atoms with Gasteiger partial charge in [0.25, 0.3) is 5.91 Å². The summed E-state index contributed by atoms with van der Waals surface area (Å²) in [6.45, 7) is 2.42. The highest BCUT2D eigenvalue weighted by atomic mass is 32.1. The molecule has 6 heteroatoms. The first-order chi connectivity index (χ1) is 9.93. The highest BCUT2D eigenvalue weighted by Gasteiger charge is 2.35. The van der Waals surface area contributed by atoms with Crippen LogP contribution in [0.1, 0.15) is 27.7 Å². The molecule has 0 saturated heterocycles. The second-order valence-corrected chi connectivity index (χ2v) is 5.47. The van der Waals surface area contributed by atoms with Crippen molar-refractivity contribution in [1.29, 1.82) is 0 Å². The first-order valence-electron chi connectivity index (χ1n) is 6.41. The molecule has 0 unspecified atom stereocenters. The monoisotopic (exact) mass is 313 g/mol. The smallest absolute Gasteiger partial charge is 0.334 e. The normalized spacial score (nSPS) is 11.4. The SMILES string of the molecule is CCN(Cc1cccs1)C(=O)c1ccccc1C(F)(F)F. The maximum Gasteiger partial charge on any atom is 0.417 e. The predicted molar refractivity (Wildman–Crippen MR) is 76.2 cm³/mol. The van der Waals surface area contributed by atoms with Crippen LogP contribution in [-0.4, -0.2) is 17.4 Å². The second kappa shape index (κ2) is 6.30. The summed E-state index contributed by atoms with van der Waals surface area (Å²) in [5.74, 6) is -0.598. The second-order valence-electron chi connectivity index (χ2n) is 4.44. The molecule has 1 heterocycles. The van der Waals surface area contributed by atoms with Crippen molar-refractivity contribution in [1.82, 2.24) is 4.90 Å². The molecule has 112 valence electrons. The van der Waals surface area contributed by atoms with Gasteiger partial charge in [-0.1, -0.05) is 18.2 Å². The third-order valence-corrected chi connectivity index (χ3v) is 3.92. The molecule has 1 amide bonds. The number of nitrogens with zero attached hydrogens (tertiary/aromatic N) is 1. The molecule has 2 aromatic rings. The van der Waals surface area contributed by atoms with Crippen molar-refractivity contribution in [2.45, 2.75) is 19.6 Å². The van der Waals surface area contributed by atoms with Gasteiger partial charge in [0.05, 0.1) is 17.7 Å². The Bertz CT molecular complexity index is 608. The summed E-state index contributed by atoms with van der Waals surface area (Å²) in [6, 6.07) is 8.60. The summed E-state index contributed by atoms with van der Waals surface area (Å²) in [5, 5.41) is 1.87. The molecule has 0 bridgehead atoms. The molecule has 0 aliphatic carbocycles. The molecular formula is C15H14F3NOS. The van der Waals surface area contributed by atoms with Crippen molar-refractivity contribution < 1.29 is 18.0 Å². The Labute approximate surface area is 124 Å². The van der Waals surface area contributed by atoms with Gasteiger partial charge in [0.1, 0.15) is 0 Å². The average molecular weight is 313 g/mol. The topological polar surface area (TPSA) is 20.3 Å². The highest BCUT2D eigenvalue weighted by Crippen LogP contribution is 2.32. The zero-order valence-electron chi connectivity index (χ0n) is 11.4. The lowest BCUT2D eigenvalue weighted by atomic mass is 10.1. The first kappa shape index (κ1) is 15.6. The summed E-state index contributed by atoms with van der Waals surface area (Å²) >= 11 is 1.47. The fourth-order valence-corrected chi connectivity index (χ4v) is 2.72. The molecule has 1 aromatic heterocycles. The van der Waals surface area contributed by atoms with Gasteiger partial charge < -0.3 is 4.90 Å². The number of rotatable bonds is 4. The van der Waals surface area contributed by atoms with E-state index in [4.69, 9.17) is 0 Å². The van der Waals surface area contributed by atoms with Crippen LogP contribution in [0.25, 0.3) is 0 Å². The molecule has 1 aromatic carbocycles. The van der Waals surface area contributed by atoms with Gasteiger partial charge in [-0.05, 0) is 30.5 Å². The Morgan fingerprint density at radius 1 is 1.19 bits per heavy atom. The van der Waals surface area contributed by atoms with Crippen molar-refractivity contribution in [2.24, 2.45) is 0 Å². The van der Waals surface area contributed by atoms with Crippen LogP contribution < -0.4 is 0 Å². The third kappa shape index (κ3) is 3.64. The number of amides is 1. The van der Waals surface area contributed by atoms with E-state index in [0.717, 1.165) is 10.9 Å². The van der Waals surface area contributed by atoms with E-state index in [1.165, 1.54) is 34.4 Å². The van der Waals surface area contributed by atoms with E-state index in [1.807, 2.05) is 17.5 Å². The fourth-order valence-electron chi connectivity index (χ4n) is 2.01. The number of carbonyl (C=O) groups is 1. The van der Waals surface area contributed by atoms with Gasteiger partial charge in [-0.15, -0.1) is 11.3 Å². The van der Waals surface area contributed by atoms with E-state index in [2.05, 4.69) is 0 Å². The molecule has 2 nitrogen and oxygen atoms in total. The van der Waals surface area contributed by atoms with Crippen molar-refractivity contribution in [3.63, 3.8) is 0 Å². The van der Waals surface area contributed by atoms with Crippen LogP contribution in [0.4, 0.5) is 13.2 Å². The first-order valence-corrected chi connectivity index (χ1v) is 7.29. The zero-order valence-corrected chi connectivity index (χ0v) is 12.2. The molecule has 0 aliphatic rings. The van der Waals surface area contributed by atoms with Crippen LogP contribution >= 0.6 is 11.3 Å². The molecule has 21 heavy (non-hydrogen) atoms. The number of hydrogen-bond donors (Lipinski definition) is 0. The Morgan fingerprint density at radius 3 is 2.48 bits per heavy atom. The molecule has 2 rings (SSSR count). The number of hydrogen-bond acceptors (Lipinski definition) is 2. The van der Waals surface area contributed by atoms with Crippen molar-refractivity contribution in [2.75, 3.05) is 6.54 Å². The summed E-state index contributed by atoms with van der Waals surface area (Å²) in [4.78, 5) is 14.8. The van der Waals surface area contributed by atoms with Gasteiger partial charge in [0.15, 0.2) is 0 Å². The number of benzene rings is 1. The lowest BCUT2D eigenvalue weighted by Crippen LogP contribution is -2.31. The van der Waals surface area contributed by atoms with Crippen LogP contribution in [0.5, 0.6) is 0 Å². The maximum atomic E-state index is 13.0. The highest BCUT2D eigenvalue weighted by molar-refractivity contribution is 7.09. The lowest BCUT2D eigenvalue weighted by molar-refractivity contribution is -0.138. The molecule has 0 atom stereocenters. The largest absolute Gasteiger partial charge is 0.417 e. The Hall–Kier alpha value is -1.82. The Morgan fingerprint density at radius 2 is 1.90 bits per heavy atom. The molecule has 0 radical (unpaired) electrons. The average Bonchev–Trinajstić information content (AvgIpc) is 2.96. The van der Waals surface area contributed by atoms with Gasteiger partial charge in [-0.2, -0.15) is 13.2 Å². The quantitative estimate of drug-likeness (QED) is 0.818. The van der Waals surface area contributed by atoms with E-state index >= 15 is 0 Å². The molecule has 0 N–H and O–H groups in total. The van der Waals surface area contributed by atoms with Crippen molar-refractivity contribution >= 4 is 17.2 Å². The molecular weight excluding hydrogens is 299 g/mol. The Kier molecular flexibility index (Phi) is 4.67. The van der Waals surface area contributed by atoms with Gasteiger partial charge in [-0.3, -0.25) is 4.79 Å². The summed E-state index contributed by atoms with van der Waals surface area (Å²) in [7, 11) is 0. The van der Waals surface area contributed by atoms with Gasteiger partial charge in [0.2, 0.25) is 0 Å². The van der Waals surface area contributed by atoms with Crippen molar-refractivity contribution in [3.8, 4) is 0 Å². The molecule has 0 fully saturated rings. The van der Waals surface area contributed by atoms with E-state index in [0.29, 0.717) is 13.1 Å². The van der Waals surface area contributed by atoms with E-state index in [-0.39, 0.29) is 5.56 Å². The lowest BCUT2D eigenvalue weighted by Gasteiger charge is -2.22. The minimum atomic E-state index is -4.53. The maximum absolute atomic E-state index is 13.0. The summed E-state index contributed by atoms with van der Waals surface area (Å²) in [5.41, 5.74) is -1.19. The van der Waals surface area contributed by atoms with Crippen LogP contribution in [0.2, 0.25) is 0 Å².